The minimum atomic E-state index is -0.874. The first-order valence-electron chi connectivity index (χ1n) is 10.2. The summed E-state index contributed by atoms with van der Waals surface area (Å²) in [6.45, 7) is 1.97. The van der Waals surface area contributed by atoms with Gasteiger partial charge < -0.3 is 4.74 Å². The van der Waals surface area contributed by atoms with E-state index >= 15 is 0 Å². The number of rotatable bonds is 4. The van der Waals surface area contributed by atoms with Gasteiger partial charge in [-0.25, -0.2) is 9.96 Å². The molecule has 0 unspecified atom stereocenters. The van der Waals surface area contributed by atoms with E-state index in [0.717, 1.165) is 22.6 Å². The molecule has 0 aromatic heterocycles. The van der Waals surface area contributed by atoms with Crippen molar-refractivity contribution in [2.24, 2.45) is 5.92 Å². The second-order valence-electron chi connectivity index (χ2n) is 7.78. The Morgan fingerprint density at radius 3 is 2.10 bits per heavy atom. The first-order valence-corrected chi connectivity index (χ1v) is 10.2. The highest BCUT2D eigenvalue weighted by Gasteiger charge is 2.60. The molecule has 3 aromatic carbocycles. The lowest BCUT2D eigenvalue weighted by Gasteiger charge is -2.28. The van der Waals surface area contributed by atoms with Gasteiger partial charge in [-0.05, 0) is 48.9 Å². The Balaban J connectivity index is 1.55. The number of imide groups is 1. The van der Waals surface area contributed by atoms with Crippen molar-refractivity contribution in [1.29, 1.82) is 0 Å². The van der Waals surface area contributed by atoms with Gasteiger partial charge in [-0.3, -0.25) is 14.4 Å². The van der Waals surface area contributed by atoms with Crippen LogP contribution >= 0.6 is 0 Å². The average Bonchev–Trinajstić information content (AvgIpc) is 3.31. The van der Waals surface area contributed by atoms with Crippen LogP contribution in [-0.4, -0.2) is 25.0 Å². The van der Waals surface area contributed by atoms with Crippen LogP contribution in [0, 0.1) is 12.8 Å². The molecule has 2 fully saturated rings. The van der Waals surface area contributed by atoms with Crippen molar-refractivity contribution in [2.75, 3.05) is 17.1 Å². The molecule has 0 radical (unpaired) electrons. The summed E-state index contributed by atoms with van der Waals surface area (Å²) in [7, 11) is 1.61. The monoisotopic (exact) mass is 414 g/mol. The third-order valence-electron chi connectivity index (χ3n) is 5.88. The molecule has 6 nitrogen and oxygen atoms in total. The minimum Gasteiger partial charge on any atom is -0.497 e. The molecule has 0 bridgehead atoms. The molecule has 3 aromatic rings. The zero-order valence-electron chi connectivity index (χ0n) is 17.3. The van der Waals surface area contributed by atoms with Crippen molar-refractivity contribution in [3.63, 3.8) is 0 Å². The fourth-order valence-corrected chi connectivity index (χ4v) is 4.30. The van der Waals surface area contributed by atoms with Gasteiger partial charge in [-0.2, -0.15) is 0 Å². The lowest BCUT2D eigenvalue weighted by molar-refractivity contribution is -0.126. The van der Waals surface area contributed by atoms with Gasteiger partial charge in [0.25, 0.3) is 5.91 Å². The minimum absolute atomic E-state index is 0.247. The molecule has 2 saturated heterocycles. The molecule has 0 spiro atoms. The first kappa shape index (κ1) is 19.3. The molecule has 0 aliphatic carbocycles. The van der Waals surface area contributed by atoms with Crippen LogP contribution in [0.4, 0.5) is 11.4 Å². The summed E-state index contributed by atoms with van der Waals surface area (Å²) >= 11 is 0. The molecule has 0 saturated carbocycles. The molecule has 0 N–H and O–H groups in total. The Labute approximate surface area is 180 Å². The predicted molar refractivity (Wildman–Crippen MR) is 117 cm³/mol. The highest BCUT2D eigenvalue weighted by atomic mass is 16.7. The van der Waals surface area contributed by atoms with E-state index in [4.69, 9.17) is 9.57 Å². The van der Waals surface area contributed by atoms with E-state index in [2.05, 4.69) is 0 Å². The summed E-state index contributed by atoms with van der Waals surface area (Å²) in [5.74, 6) is -0.505. The molecule has 3 atom stereocenters. The number of anilines is 2. The SMILES string of the molecule is COc1ccc(N2O[C@@H]3C(=O)N(c4ccc(C)cc4)C(=O)[C@@H]3[C@H]2c2ccccc2)cc1. The lowest BCUT2D eigenvalue weighted by atomic mass is 9.90. The third kappa shape index (κ3) is 3.16. The van der Waals surface area contributed by atoms with Crippen LogP contribution in [0.1, 0.15) is 17.2 Å². The van der Waals surface area contributed by atoms with Crippen molar-refractivity contribution in [2.45, 2.75) is 19.1 Å². The van der Waals surface area contributed by atoms with E-state index in [1.54, 1.807) is 24.3 Å². The Bertz CT molecular complexity index is 1110. The zero-order valence-corrected chi connectivity index (χ0v) is 17.3. The molecule has 31 heavy (non-hydrogen) atoms. The third-order valence-corrected chi connectivity index (χ3v) is 5.88. The van der Waals surface area contributed by atoms with E-state index in [1.165, 1.54) is 4.90 Å². The second kappa shape index (κ2) is 7.56. The van der Waals surface area contributed by atoms with Crippen LogP contribution in [0.5, 0.6) is 5.75 Å². The number of fused-ring (bicyclic) bond motifs is 1. The fourth-order valence-electron chi connectivity index (χ4n) is 4.30. The van der Waals surface area contributed by atoms with Gasteiger partial charge in [-0.1, -0.05) is 48.0 Å². The predicted octanol–water partition coefficient (Wildman–Crippen LogP) is 4.05. The number of aryl methyl sites for hydroxylation is 1. The Morgan fingerprint density at radius 1 is 0.806 bits per heavy atom. The summed E-state index contributed by atoms with van der Waals surface area (Å²) in [5, 5.41) is 1.69. The molecular weight excluding hydrogens is 392 g/mol. The molecule has 2 aliphatic heterocycles. The van der Waals surface area contributed by atoms with E-state index in [0.29, 0.717) is 5.69 Å². The number of nitrogens with zero attached hydrogens (tertiary/aromatic N) is 2. The normalized spacial score (nSPS) is 22.7. The molecule has 156 valence electrons. The Kier molecular flexibility index (Phi) is 4.71. The maximum atomic E-state index is 13.5. The largest absolute Gasteiger partial charge is 0.497 e. The van der Waals surface area contributed by atoms with Crippen molar-refractivity contribution in [3.8, 4) is 5.75 Å². The highest BCUT2D eigenvalue weighted by Crippen LogP contribution is 2.47. The van der Waals surface area contributed by atoms with Crippen molar-refractivity contribution >= 4 is 23.2 Å². The lowest BCUT2D eigenvalue weighted by Crippen LogP contribution is -2.37. The Morgan fingerprint density at radius 2 is 1.45 bits per heavy atom. The van der Waals surface area contributed by atoms with Gasteiger partial charge >= 0.3 is 0 Å². The van der Waals surface area contributed by atoms with Crippen LogP contribution in [0.15, 0.2) is 78.9 Å². The zero-order chi connectivity index (χ0) is 21.5. The number of carbonyl (C=O) groups is 2. The number of hydroxylamine groups is 1. The molecule has 5 rings (SSSR count). The van der Waals surface area contributed by atoms with Gasteiger partial charge in [0.05, 0.1) is 24.5 Å². The summed E-state index contributed by atoms with van der Waals surface area (Å²) in [6, 6.07) is 24.0. The summed E-state index contributed by atoms with van der Waals surface area (Å²) < 4.78 is 5.25. The van der Waals surface area contributed by atoms with Gasteiger partial charge in [0, 0.05) is 0 Å². The number of ether oxygens (including phenoxy) is 1. The maximum Gasteiger partial charge on any atom is 0.266 e. The van der Waals surface area contributed by atoms with Crippen LogP contribution in [-0.2, 0) is 14.4 Å². The molecule has 2 heterocycles. The van der Waals surface area contributed by atoms with Gasteiger partial charge in [-0.15, -0.1) is 0 Å². The van der Waals surface area contributed by atoms with Gasteiger partial charge in [0.1, 0.15) is 11.7 Å². The van der Waals surface area contributed by atoms with E-state index in [-0.39, 0.29) is 11.8 Å². The van der Waals surface area contributed by atoms with Crippen LogP contribution in [0.25, 0.3) is 0 Å². The van der Waals surface area contributed by atoms with E-state index in [1.807, 2.05) is 73.7 Å². The Hall–Kier alpha value is -3.64. The number of benzene rings is 3. The molecule has 2 aliphatic rings. The summed E-state index contributed by atoms with van der Waals surface area (Å²) in [6.07, 6.45) is -0.874. The van der Waals surface area contributed by atoms with Crippen molar-refractivity contribution in [3.05, 3.63) is 90.0 Å². The van der Waals surface area contributed by atoms with Crippen molar-refractivity contribution in [1.82, 2.24) is 0 Å². The van der Waals surface area contributed by atoms with Crippen LogP contribution < -0.4 is 14.7 Å². The summed E-state index contributed by atoms with van der Waals surface area (Å²) in [5.41, 5.74) is 3.30. The quantitative estimate of drug-likeness (QED) is 0.603. The van der Waals surface area contributed by atoms with Crippen LogP contribution in [0.2, 0.25) is 0 Å². The van der Waals surface area contributed by atoms with E-state index < -0.39 is 18.1 Å². The number of carbonyl (C=O) groups excluding carboxylic acids is 2. The maximum absolute atomic E-state index is 13.5. The first-order chi connectivity index (χ1) is 15.1. The molecular formula is C25H22N2O4. The number of amides is 2. The topological polar surface area (TPSA) is 59.1 Å². The fraction of sp³-hybridized carbons (Fsp3) is 0.200. The highest BCUT2D eigenvalue weighted by molar-refractivity contribution is 6.23. The number of hydrogen-bond acceptors (Lipinski definition) is 5. The molecule has 6 heteroatoms. The average molecular weight is 414 g/mol. The standard InChI is InChI=1S/C25H22N2O4/c1-16-8-10-18(11-9-16)26-24(28)21-22(17-6-4-3-5-7-17)27(31-23(21)25(26)29)19-12-14-20(30-2)15-13-19/h3-15,21-23H,1-2H3/t21-,22-,23+/m1/s1. The second-order valence-corrected chi connectivity index (χ2v) is 7.78. The summed E-state index contributed by atoms with van der Waals surface area (Å²) in [4.78, 5) is 34.2. The smallest absolute Gasteiger partial charge is 0.266 e. The number of methoxy groups -OCH3 is 1. The van der Waals surface area contributed by atoms with Crippen molar-refractivity contribution < 1.29 is 19.2 Å². The van der Waals surface area contributed by atoms with E-state index in [9.17, 15) is 9.59 Å². The molecule has 2 amide bonds. The number of hydrogen-bond donors (Lipinski definition) is 0. The van der Waals surface area contributed by atoms with Gasteiger partial charge in [0.2, 0.25) is 5.91 Å². The van der Waals surface area contributed by atoms with Gasteiger partial charge in [0.15, 0.2) is 6.10 Å². The van der Waals surface area contributed by atoms with Crippen LogP contribution in [0.3, 0.4) is 0 Å².